The zero-order valence-corrected chi connectivity index (χ0v) is 10.9. The van der Waals surface area contributed by atoms with Crippen molar-refractivity contribution in [3.63, 3.8) is 0 Å². The van der Waals surface area contributed by atoms with E-state index in [2.05, 4.69) is 31.1 Å². The first-order valence-electron chi connectivity index (χ1n) is 5.67. The van der Waals surface area contributed by atoms with E-state index in [1.807, 2.05) is 0 Å². The first kappa shape index (κ1) is 13.1. The number of hydrogen-bond donors (Lipinski definition) is 2. The second kappa shape index (κ2) is 5.94. The summed E-state index contributed by atoms with van der Waals surface area (Å²) in [5, 5.41) is 3.75. The minimum absolute atomic E-state index is 0.357. The molecule has 1 aromatic heterocycles. The Kier molecular flexibility index (Phi) is 4.87. The van der Waals surface area contributed by atoms with Crippen molar-refractivity contribution in [1.29, 1.82) is 0 Å². The second-order valence-electron chi connectivity index (χ2n) is 4.59. The maximum Gasteiger partial charge on any atom is 0.151 e. The first-order valence-corrected chi connectivity index (χ1v) is 6.05. The van der Waals surface area contributed by atoms with Crippen LogP contribution in [0.2, 0.25) is 5.15 Å². The average Bonchev–Trinajstić information content (AvgIpc) is 2.20. The fourth-order valence-electron chi connectivity index (χ4n) is 1.45. The Morgan fingerprint density at radius 2 is 2.00 bits per heavy atom. The molecule has 0 saturated carbocycles. The van der Waals surface area contributed by atoms with Gasteiger partial charge in [-0.3, -0.25) is 0 Å². The van der Waals surface area contributed by atoms with Crippen LogP contribution >= 0.6 is 11.6 Å². The molecule has 0 radical (unpaired) electrons. The molecule has 0 saturated heterocycles. The molecule has 0 aliphatic carbocycles. The molecule has 0 aromatic carbocycles. The van der Waals surface area contributed by atoms with Gasteiger partial charge in [-0.05, 0) is 37.8 Å². The molecule has 1 atom stereocenters. The molecule has 3 nitrogen and oxygen atoms in total. The van der Waals surface area contributed by atoms with Crippen molar-refractivity contribution in [2.45, 2.75) is 39.7 Å². The highest BCUT2D eigenvalue weighted by molar-refractivity contribution is 6.29. The SMILES string of the molecule is CC(C)CCC(C)Nc1nc(Cl)ccc1N. The van der Waals surface area contributed by atoms with Crippen LogP contribution in [0.4, 0.5) is 11.5 Å². The van der Waals surface area contributed by atoms with Crippen molar-refractivity contribution in [2.24, 2.45) is 5.92 Å². The van der Waals surface area contributed by atoms with E-state index >= 15 is 0 Å². The lowest BCUT2D eigenvalue weighted by Crippen LogP contribution is -2.17. The molecular formula is C12H20ClN3. The number of pyridine rings is 1. The van der Waals surface area contributed by atoms with Crippen molar-refractivity contribution in [3.8, 4) is 0 Å². The van der Waals surface area contributed by atoms with Crippen LogP contribution in [0.5, 0.6) is 0 Å². The molecule has 3 N–H and O–H groups in total. The zero-order valence-electron chi connectivity index (χ0n) is 10.1. The van der Waals surface area contributed by atoms with E-state index in [1.54, 1.807) is 12.1 Å². The third-order valence-corrected chi connectivity index (χ3v) is 2.66. The number of halogens is 1. The molecule has 0 bridgehead atoms. The van der Waals surface area contributed by atoms with Crippen LogP contribution in [0.25, 0.3) is 0 Å². The maximum atomic E-state index is 5.82. The maximum absolute atomic E-state index is 5.82. The number of nitrogens with one attached hydrogen (secondary N) is 1. The number of nitrogens with zero attached hydrogens (tertiary/aromatic N) is 1. The summed E-state index contributed by atoms with van der Waals surface area (Å²) in [5.41, 5.74) is 6.45. The summed E-state index contributed by atoms with van der Waals surface area (Å²) in [5.74, 6) is 1.40. The molecule has 0 spiro atoms. The molecular weight excluding hydrogens is 222 g/mol. The van der Waals surface area contributed by atoms with E-state index < -0.39 is 0 Å². The van der Waals surface area contributed by atoms with Crippen molar-refractivity contribution in [1.82, 2.24) is 4.98 Å². The van der Waals surface area contributed by atoms with Crippen LogP contribution in [-0.2, 0) is 0 Å². The molecule has 1 aromatic rings. The van der Waals surface area contributed by atoms with E-state index in [1.165, 1.54) is 6.42 Å². The lowest BCUT2D eigenvalue weighted by molar-refractivity contribution is 0.527. The monoisotopic (exact) mass is 241 g/mol. The third-order valence-electron chi connectivity index (χ3n) is 2.45. The zero-order chi connectivity index (χ0) is 12.1. The minimum Gasteiger partial charge on any atom is -0.396 e. The van der Waals surface area contributed by atoms with Gasteiger partial charge in [-0.15, -0.1) is 0 Å². The van der Waals surface area contributed by atoms with Crippen molar-refractivity contribution in [2.75, 3.05) is 11.1 Å². The predicted molar refractivity (Wildman–Crippen MR) is 70.8 cm³/mol. The van der Waals surface area contributed by atoms with Gasteiger partial charge < -0.3 is 11.1 Å². The molecule has 0 fully saturated rings. The van der Waals surface area contributed by atoms with Crippen LogP contribution in [0.1, 0.15) is 33.6 Å². The number of hydrogen-bond acceptors (Lipinski definition) is 3. The van der Waals surface area contributed by atoms with Crippen LogP contribution in [-0.4, -0.2) is 11.0 Å². The second-order valence-corrected chi connectivity index (χ2v) is 4.98. The summed E-state index contributed by atoms with van der Waals surface area (Å²) < 4.78 is 0. The van der Waals surface area contributed by atoms with Crippen molar-refractivity contribution < 1.29 is 0 Å². The molecule has 0 aliphatic rings. The van der Waals surface area contributed by atoms with Gasteiger partial charge in [0.05, 0.1) is 5.69 Å². The average molecular weight is 242 g/mol. The molecule has 1 heterocycles. The highest BCUT2D eigenvalue weighted by atomic mass is 35.5. The Hall–Kier alpha value is -0.960. The van der Waals surface area contributed by atoms with Crippen LogP contribution in [0, 0.1) is 5.92 Å². The van der Waals surface area contributed by atoms with E-state index in [0.29, 0.717) is 28.6 Å². The summed E-state index contributed by atoms with van der Waals surface area (Å²) in [6.45, 7) is 6.57. The van der Waals surface area contributed by atoms with Gasteiger partial charge >= 0.3 is 0 Å². The van der Waals surface area contributed by atoms with Gasteiger partial charge in [0, 0.05) is 6.04 Å². The Balaban J connectivity index is 2.55. The Morgan fingerprint density at radius 3 is 2.62 bits per heavy atom. The fourth-order valence-corrected chi connectivity index (χ4v) is 1.60. The summed E-state index contributed by atoms with van der Waals surface area (Å²) in [6.07, 6.45) is 2.29. The van der Waals surface area contributed by atoms with Gasteiger partial charge in [0.1, 0.15) is 5.15 Å². The summed E-state index contributed by atoms with van der Waals surface area (Å²) in [4.78, 5) is 4.17. The molecule has 1 rings (SSSR count). The normalized spacial score (nSPS) is 12.8. The number of nitrogen functional groups attached to an aromatic ring is 1. The van der Waals surface area contributed by atoms with Gasteiger partial charge in [-0.2, -0.15) is 0 Å². The third kappa shape index (κ3) is 4.27. The quantitative estimate of drug-likeness (QED) is 0.775. The lowest BCUT2D eigenvalue weighted by Gasteiger charge is -2.16. The smallest absolute Gasteiger partial charge is 0.151 e. The largest absolute Gasteiger partial charge is 0.396 e. The van der Waals surface area contributed by atoms with E-state index in [0.717, 1.165) is 6.42 Å². The minimum atomic E-state index is 0.357. The summed E-state index contributed by atoms with van der Waals surface area (Å²) in [6, 6.07) is 3.82. The van der Waals surface area contributed by atoms with Crippen molar-refractivity contribution in [3.05, 3.63) is 17.3 Å². The van der Waals surface area contributed by atoms with Crippen LogP contribution in [0.3, 0.4) is 0 Å². The molecule has 0 aliphatic heterocycles. The van der Waals surface area contributed by atoms with E-state index in [-0.39, 0.29) is 0 Å². The standard InChI is InChI=1S/C12H20ClN3/c1-8(2)4-5-9(3)15-12-10(14)6-7-11(13)16-12/h6-9H,4-5,14H2,1-3H3,(H,15,16). The predicted octanol–water partition coefficient (Wildman–Crippen LogP) is 3.55. The molecule has 1 unspecified atom stereocenters. The summed E-state index contributed by atoms with van der Waals surface area (Å²) >= 11 is 5.82. The molecule has 16 heavy (non-hydrogen) atoms. The molecule has 4 heteroatoms. The van der Waals surface area contributed by atoms with Crippen molar-refractivity contribution >= 4 is 23.1 Å². The van der Waals surface area contributed by atoms with Gasteiger partial charge in [0.15, 0.2) is 5.82 Å². The Bertz CT molecular complexity index is 339. The topological polar surface area (TPSA) is 50.9 Å². The molecule has 0 amide bonds. The fraction of sp³-hybridized carbons (Fsp3) is 0.583. The molecule has 90 valence electrons. The van der Waals surface area contributed by atoms with Gasteiger partial charge in [-0.1, -0.05) is 25.4 Å². The number of aromatic nitrogens is 1. The summed E-state index contributed by atoms with van der Waals surface area (Å²) in [7, 11) is 0. The van der Waals surface area contributed by atoms with Crippen LogP contribution in [0.15, 0.2) is 12.1 Å². The first-order chi connectivity index (χ1) is 7.49. The van der Waals surface area contributed by atoms with Gasteiger partial charge in [0.2, 0.25) is 0 Å². The number of anilines is 2. The number of rotatable bonds is 5. The van der Waals surface area contributed by atoms with Crippen LogP contribution < -0.4 is 11.1 Å². The van der Waals surface area contributed by atoms with Gasteiger partial charge in [0.25, 0.3) is 0 Å². The Morgan fingerprint density at radius 1 is 1.31 bits per heavy atom. The highest BCUT2D eigenvalue weighted by Crippen LogP contribution is 2.20. The van der Waals surface area contributed by atoms with E-state index in [9.17, 15) is 0 Å². The number of nitrogens with two attached hydrogens (primary N) is 1. The van der Waals surface area contributed by atoms with Gasteiger partial charge in [-0.25, -0.2) is 4.98 Å². The lowest BCUT2D eigenvalue weighted by atomic mass is 10.0. The van der Waals surface area contributed by atoms with E-state index in [4.69, 9.17) is 17.3 Å². The highest BCUT2D eigenvalue weighted by Gasteiger charge is 2.07. The Labute approximate surface area is 102 Å².